The molecule has 2 aliphatic heterocycles. The Balaban J connectivity index is 1.72. The number of morpholine rings is 1. The van der Waals surface area contributed by atoms with Gasteiger partial charge < -0.3 is 18.9 Å². The normalized spacial score (nSPS) is 20.6. The maximum atomic E-state index is 12.9. The van der Waals surface area contributed by atoms with Crippen molar-refractivity contribution in [1.29, 1.82) is 0 Å². The van der Waals surface area contributed by atoms with Crippen LogP contribution in [0.4, 0.5) is 0 Å². The summed E-state index contributed by atoms with van der Waals surface area (Å²) in [4.78, 5) is 2.53. The van der Waals surface area contributed by atoms with E-state index in [-0.39, 0.29) is 10.3 Å². The lowest BCUT2D eigenvalue weighted by molar-refractivity contribution is -0.0270. The third-order valence-electron chi connectivity index (χ3n) is 5.52. The molecule has 8 nitrogen and oxygen atoms in total. The second-order valence-electron chi connectivity index (χ2n) is 7.34. The highest BCUT2D eigenvalue weighted by Gasteiger charge is 2.36. The Hall–Kier alpha value is -1.39. The number of rotatable bonds is 8. The van der Waals surface area contributed by atoms with Gasteiger partial charge in [0.1, 0.15) is 0 Å². The lowest BCUT2D eigenvalue weighted by Crippen LogP contribution is -2.50. The minimum atomic E-state index is -3.67. The highest BCUT2D eigenvalue weighted by molar-refractivity contribution is 7.89. The van der Waals surface area contributed by atoms with E-state index in [2.05, 4.69) is 9.62 Å². The molecular weight excluding hydrogens is 384 g/mol. The molecule has 0 spiro atoms. The van der Waals surface area contributed by atoms with Crippen LogP contribution in [0.1, 0.15) is 12.8 Å². The first-order chi connectivity index (χ1) is 13.5. The molecule has 1 aromatic carbocycles. The molecule has 1 N–H and O–H groups in total. The van der Waals surface area contributed by atoms with E-state index in [1.165, 1.54) is 26.4 Å². The first-order valence-electron chi connectivity index (χ1n) is 9.58. The number of hydrogen-bond acceptors (Lipinski definition) is 7. The van der Waals surface area contributed by atoms with Crippen LogP contribution in [0, 0.1) is 5.41 Å². The minimum absolute atomic E-state index is 0.140. The van der Waals surface area contributed by atoms with E-state index in [1.807, 2.05) is 0 Å². The Labute approximate surface area is 167 Å². The summed E-state index contributed by atoms with van der Waals surface area (Å²) in [6, 6.07) is 4.62. The average molecular weight is 415 g/mol. The molecule has 0 bridgehead atoms. The predicted molar refractivity (Wildman–Crippen MR) is 104 cm³/mol. The van der Waals surface area contributed by atoms with Gasteiger partial charge in [0.2, 0.25) is 10.0 Å². The van der Waals surface area contributed by atoms with Crippen LogP contribution >= 0.6 is 0 Å². The highest BCUT2D eigenvalue weighted by Crippen LogP contribution is 2.33. The molecule has 1 aromatic rings. The average Bonchev–Trinajstić information content (AvgIpc) is 2.73. The van der Waals surface area contributed by atoms with Crippen molar-refractivity contribution >= 4 is 10.0 Å². The van der Waals surface area contributed by atoms with Crippen LogP contribution < -0.4 is 14.2 Å². The summed E-state index contributed by atoms with van der Waals surface area (Å²) >= 11 is 0. The van der Waals surface area contributed by atoms with Gasteiger partial charge in [-0.25, -0.2) is 13.1 Å². The molecule has 0 aliphatic carbocycles. The zero-order valence-electron chi connectivity index (χ0n) is 16.6. The number of benzene rings is 1. The summed E-state index contributed by atoms with van der Waals surface area (Å²) in [7, 11) is -0.660. The van der Waals surface area contributed by atoms with Crippen LogP contribution in [0.3, 0.4) is 0 Å². The lowest BCUT2D eigenvalue weighted by Gasteiger charge is -2.42. The summed E-state index contributed by atoms with van der Waals surface area (Å²) in [6.07, 6.45) is 1.66. The van der Waals surface area contributed by atoms with Crippen molar-refractivity contribution in [3.05, 3.63) is 18.2 Å². The van der Waals surface area contributed by atoms with E-state index >= 15 is 0 Å². The Kier molecular flexibility index (Phi) is 7.16. The number of nitrogens with zero attached hydrogens (tertiary/aromatic N) is 1. The van der Waals surface area contributed by atoms with Gasteiger partial charge in [-0.3, -0.25) is 4.90 Å². The Morgan fingerprint density at radius 2 is 1.68 bits per heavy atom. The van der Waals surface area contributed by atoms with Crippen LogP contribution in [-0.4, -0.2) is 80.1 Å². The monoisotopic (exact) mass is 414 g/mol. The van der Waals surface area contributed by atoms with Crippen molar-refractivity contribution in [2.75, 3.05) is 66.8 Å². The van der Waals surface area contributed by atoms with Gasteiger partial charge in [0.15, 0.2) is 11.5 Å². The minimum Gasteiger partial charge on any atom is -0.493 e. The number of ether oxygens (including phenoxy) is 4. The van der Waals surface area contributed by atoms with Crippen LogP contribution in [0.5, 0.6) is 11.5 Å². The number of methoxy groups -OCH3 is 2. The van der Waals surface area contributed by atoms with Crippen molar-refractivity contribution in [1.82, 2.24) is 9.62 Å². The van der Waals surface area contributed by atoms with Gasteiger partial charge in [-0.2, -0.15) is 0 Å². The van der Waals surface area contributed by atoms with E-state index in [0.717, 1.165) is 45.7 Å². The summed E-state index contributed by atoms with van der Waals surface area (Å²) in [5.41, 5.74) is -0.140. The summed E-state index contributed by atoms with van der Waals surface area (Å²) < 4.78 is 50.0. The molecule has 28 heavy (non-hydrogen) atoms. The molecule has 0 atom stereocenters. The third-order valence-corrected chi connectivity index (χ3v) is 6.92. The Bertz CT molecular complexity index is 743. The summed E-state index contributed by atoms with van der Waals surface area (Å²) in [5, 5.41) is 0. The van der Waals surface area contributed by atoms with E-state index < -0.39 is 10.0 Å². The molecule has 0 saturated carbocycles. The zero-order chi connectivity index (χ0) is 20.0. The molecule has 0 radical (unpaired) electrons. The van der Waals surface area contributed by atoms with E-state index in [4.69, 9.17) is 18.9 Å². The molecule has 2 saturated heterocycles. The van der Waals surface area contributed by atoms with Crippen molar-refractivity contribution < 1.29 is 27.4 Å². The molecule has 9 heteroatoms. The summed E-state index contributed by atoms with van der Waals surface area (Å²) in [5.74, 6) is 0.883. The Morgan fingerprint density at radius 3 is 2.32 bits per heavy atom. The van der Waals surface area contributed by atoms with Crippen molar-refractivity contribution in [2.45, 2.75) is 17.7 Å². The molecule has 2 aliphatic rings. The zero-order valence-corrected chi connectivity index (χ0v) is 17.4. The van der Waals surface area contributed by atoms with Gasteiger partial charge in [-0.15, -0.1) is 0 Å². The second-order valence-corrected chi connectivity index (χ2v) is 9.11. The first-order valence-corrected chi connectivity index (χ1v) is 11.1. The van der Waals surface area contributed by atoms with Gasteiger partial charge in [0.05, 0.1) is 32.3 Å². The van der Waals surface area contributed by atoms with Gasteiger partial charge in [-0.1, -0.05) is 0 Å². The van der Waals surface area contributed by atoms with E-state index in [9.17, 15) is 8.42 Å². The highest BCUT2D eigenvalue weighted by atomic mass is 32.2. The molecule has 0 aromatic heterocycles. The number of nitrogens with one attached hydrogen (secondary N) is 1. The quantitative estimate of drug-likeness (QED) is 0.682. The van der Waals surface area contributed by atoms with Crippen LogP contribution in [-0.2, 0) is 19.5 Å². The second kappa shape index (κ2) is 9.41. The largest absolute Gasteiger partial charge is 0.493 e. The first kappa shape index (κ1) is 21.3. The molecular formula is C19H30N2O6S. The van der Waals surface area contributed by atoms with E-state index in [1.54, 1.807) is 6.07 Å². The van der Waals surface area contributed by atoms with Crippen LogP contribution in [0.15, 0.2) is 23.1 Å². The summed E-state index contributed by atoms with van der Waals surface area (Å²) in [6.45, 7) is 5.74. The third kappa shape index (κ3) is 5.15. The van der Waals surface area contributed by atoms with Crippen molar-refractivity contribution in [3.8, 4) is 11.5 Å². The van der Waals surface area contributed by atoms with E-state index in [0.29, 0.717) is 31.3 Å². The molecule has 158 valence electrons. The lowest BCUT2D eigenvalue weighted by atomic mass is 9.79. The van der Waals surface area contributed by atoms with Crippen LogP contribution in [0.25, 0.3) is 0 Å². The predicted octanol–water partition coefficient (Wildman–Crippen LogP) is 1.11. The topological polar surface area (TPSA) is 86.3 Å². The molecule has 0 amide bonds. The Morgan fingerprint density at radius 1 is 1.04 bits per heavy atom. The fourth-order valence-corrected chi connectivity index (χ4v) is 4.92. The molecule has 0 unspecified atom stereocenters. The number of sulfonamides is 1. The fourth-order valence-electron chi connectivity index (χ4n) is 3.74. The van der Waals surface area contributed by atoms with Gasteiger partial charge >= 0.3 is 0 Å². The standard InChI is InChI=1S/C19H30N2O6S/c1-24-17-4-3-16(13-18(17)25-2)28(22,23)20-14-19(5-9-26-10-6-19)15-21-7-11-27-12-8-21/h3-4,13,20H,5-12,14-15H2,1-2H3. The maximum Gasteiger partial charge on any atom is 0.240 e. The molecule has 2 heterocycles. The maximum absolute atomic E-state index is 12.9. The molecule has 2 fully saturated rings. The van der Waals surface area contributed by atoms with Crippen molar-refractivity contribution in [2.24, 2.45) is 5.41 Å². The smallest absolute Gasteiger partial charge is 0.240 e. The number of hydrogen-bond donors (Lipinski definition) is 1. The van der Waals surface area contributed by atoms with Crippen molar-refractivity contribution in [3.63, 3.8) is 0 Å². The fraction of sp³-hybridized carbons (Fsp3) is 0.684. The van der Waals surface area contributed by atoms with Gasteiger partial charge in [0, 0.05) is 50.9 Å². The SMILES string of the molecule is COc1ccc(S(=O)(=O)NCC2(CN3CCOCC3)CCOCC2)cc1OC. The van der Waals surface area contributed by atoms with Crippen LogP contribution in [0.2, 0.25) is 0 Å². The van der Waals surface area contributed by atoms with Gasteiger partial charge in [-0.05, 0) is 25.0 Å². The van der Waals surface area contributed by atoms with Gasteiger partial charge in [0.25, 0.3) is 0 Å². The molecule has 3 rings (SSSR count).